The number of rotatable bonds is 1. The van der Waals surface area contributed by atoms with Gasteiger partial charge < -0.3 is 4.55 Å². The van der Waals surface area contributed by atoms with E-state index in [0.717, 1.165) is 0 Å². The second-order valence-electron chi connectivity index (χ2n) is 1.93. The molecule has 66 valence electrons. The molecule has 0 aromatic carbocycles. The first kappa shape index (κ1) is 9.50. The van der Waals surface area contributed by atoms with Gasteiger partial charge in [0.05, 0.1) is 5.69 Å². The molecule has 0 aliphatic carbocycles. The molecular formula is C5H3ClFN2O2S-. The van der Waals surface area contributed by atoms with Crippen molar-refractivity contribution >= 4 is 22.7 Å². The lowest BCUT2D eigenvalue weighted by atomic mass is 10.4. The molecule has 0 spiro atoms. The van der Waals surface area contributed by atoms with Crippen molar-refractivity contribution in [2.45, 2.75) is 11.9 Å². The lowest BCUT2D eigenvalue weighted by molar-refractivity contribution is 0.508. The minimum absolute atomic E-state index is 0.0887. The van der Waals surface area contributed by atoms with Gasteiger partial charge in [-0.3, -0.25) is 4.21 Å². The molecule has 0 N–H and O–H groups in total. The van der Waals surface area contributed by atoms with Crippen molar-refractivity contribution in [2.75, 3.05) is 0 Å². The van der Waals surface area contributed by atoms with Crippen molar-refractivity contribution in [3.8, 4) is 0 Å². The Morgan fingerprint density at radius 1 is 1.58 bits per heavy atom. The number of aromatic nitrogens is 2. The Labute approximate surface area is 75.1 Å². The molecule has 12 heavy (non-hydrogen) atoms. The van der Waals surface area contributed by atoms with Crippen molar-refractivity contribution in [3.05, 3.63) is 16.8 Å². The van der Waals surface area contributed by atoms with Gasteiger partial charge in [0.1, 0.15) is 0 Å². The smallest absolute Gasteiger partial charge is 0.223 e. The van der Waals surface area contributed by atoms with Crippen LogP contribution < -0.4 is 0 Å². The van der Waals surface area contributed by atoms with Gasteiger partial charge in [-0.25, -0.2) is 14.4 Å². The predicted molar refractivity (Wildman–Crippen MR) is 38.9 cm³/mol. The molecule has 0 bridgehead atoms. The van der Waals surface area contributed by atoms with E-state index >= 15 is 0 Å². The van der Waals surface area contributed by atoms with Crippen LogP contribution >= 0.6 is 11.6 Å². The number of halogens is 2. The first-order valence-corrected chi connectivity index (χ1v) is 4.26. The topological polar surface area (TPSA) is 65.9 Å². The standard InChI is InChI=1S/C5H4ClFN2O2S/c1-2-3(7)4(12(10)11)9-5(6)8-2/h1H3,(H,10,11)/p-1. The van der Waals surface area contributed by atoms with Crippen LogP contribution in [0.1, 0.15) is 5.69 Å². The van der Waals surface area contributed by atoms with Crippen molar-refractivity contribution in [1.29, 1.82) is 0 Å². The predicted octanol–water partition coefficient (Wildman–Crippen LogP) is 0.816. The molecule has 1 aromatic heterocycles. The van der Waals surface area contributed by atoms with Gasteiger partial charge in [0.15, 0.2) is 10.8 Å². The molecule has 1 rings (SSSR count). The highest BCUT2D eigenvalue weighted by Gasteiger charge is 2.10. The Balaban J connectivity index is 3.37. The number of nitrogens with zero attached hydrogens (tertiary/aromatic N) is 2. The SMILES string of the molecule is Cc1nc(Cl)nc(S(=O)[O-])c1F. The summed E-state index contributed by atoms with van der Waals surface area (Å²) in [5.74, 6) is -0.965. The van der Waals surface area contributed by atoms with Gasteiger partial charge in [-0.15, -0.1) is 0 Å². The number of aryl methyl sites for hydroxylation is 1. The number of hydrogen-bond acceptors (Lipinski definition) is 4. The summed E-state index contributed by atoms with van der Waals surface area (Å²) in [7, 11) is 0. The van der Waals surface area contributed by atoms with E-state index in [0.29, 0.717) is 0 Å². The average molecular weight is 210 g/mol. The maximum Gasteiger partial charge on any atom is 0.223 e. The van der Waals surface area contributed by atoms with Crippen molar-refractivity contribution in [3.63, 3.8) is 0 Å². The summed E-state index contributed by atoms with van der Waals surface area (Å²) in [4.78, 5) is 6.62. The minimum atomic E-state index is -2.72. The summed E-state index contributed by atoms with van der Waals surface area (Å²) < 4.78 is 33.5. The number of hydrogen-bond donors (Lipinski definition) is 0. The Hall–Kier alpha value is -0.590. The van der Waals surface area contributed by atoms with E-state index in [1.54, 1.807) is 0 Å². The molecule has 0 amide bonds. The third-order valence-electron chi connectivity index (χ3n) is 1.12. The molecule has 4 nitrogen and oxygen atoms in total. The molecule has 1 aromatic rings. The van der Waals surface area contributed by atoms with E-state index in [9.17, 15) is 13.2 Å². The van der Waals surface area contributed by atoms with Gasteiger partial charge in [-0.2, -0.15) is 0 Å². The third-order valence-corrected chi connectivity index (χ3v) is 1.87. The van der Waals surface area contributed by atoms with E-state index in [4.69, 9.17) is 11.6 Å². The van der Waals surface area contributed by atoms with Gasteiger partial charge in [-0.05, 0) is 18.5 Å². The fraction of sp³-hybridized carbons (Fsp3) is 0.200. The third kappa shape index (κ3) is 1.77. The minimum Gasteiger partial charge on any atom is -0.767 e. The largest absolute Gasteiger partial charge is 0.767 e. The lowest BCUT2D eigenvalue weighted by Gasteiger charge is -2.06. The van der Waals surface area contributed by atoms with Crippen molar-refractivity contribution < 1.29 is 13.2 Å². The Bertz CT molecular complexity index is 346. The van der Waals surface area contributed by atoms with Crippen LogP contribution in [-0.4, -0.2) is 18.7 Å². The molecular weight excluding hydrogens is 207 g/mol. The first-order valence-electron chi connectivity index (χ1n) is 2.81. The second-order valence-corrected chi connectivity index (χ2v) is 3.13. The van der Waals surface area contributed by atoms with Gasteiger partial charge in [0.2, 0.25) is 5.28 Å². The zero-order chi connectivity index (χ0) is 9.30. The molecule has 1 heterocycles. The van der Waals surface area contributed by atoms with E-state index < -0.39 is 21.9 Å². The normalized spacial score (nSPS) is 13.0. The van der Waals surface area contributed by atoms with E-state index in [-0.39, 0.29) is 11.0 Å². The van der Waals surface area contributed by atoms with Gasteiger partial charge in [-0.1, -0.05) is 0 Å². The molecule has 0 saturated heterocycles. The summed E-state index contributed by atoms with van der Waals surface area (Å²) in [6.07, 6.45) is 0. The van der Waals surface area contributed by atoms with E-state index in [2.05, 4.69) is 9.97 Å². The van der Waals surface area contributed by atoms with E-state index in [1.807, 2.05) is 0 Å². The van der Waals surface area contributed by atoms with Crippen LogP contribution in [0.3, 0.4) is 0 Å². The summed E-state index contributed by atoms with van der Waals surface area (Å²) >= 11 is 2.58. The molecule has 1 atom stereocenters. The van der Waals surface area contributed by atoms with Crippen LogP contribution in [-0.2, 0) is 11.1 Å². The Morgan fingerprint density at radius 2 is 2.17 bits per heavy atom. The maximum atomic E-state index is 12.9. The molecule has 0 aliphatic rings. The fourth-order valence-corrected chi connectivity index (χ4v) is 1.33. The maximum absolute atomic E-state index is 12.9. The molecule has 0 fully saturated rings. The Morgan fingerprint density at radius 3 is 2.67 bits per heavy atom. The monoisotopic (exact) mass is 209 g/mol. The van der Waals surface area contributed by atoms with Crippen LogP contribution in [0.2, 0.25) is 5.28 Å². The van der Waals surface area contributed by atoms with Crippen LogP contribution in [0.4, 0.5) is 4.39 Å². The highest BCUT2D eigenvalue weighted by atomic mass is 35.5. The summed E-state index contributed by atoms with van der Waals surface area (Å²) in [5, 5.41) is -0.986. The lowest BCUT2D eigenvalue weighted by Crippen LogP contribution is -2.03. The zero-order valence-corrected chi connectivity index (χ0v) is 7.45. The highest BCUT2D eigenvalue weighted by Crippen LogP contribution is 2.13. The summed E-state index contributed by atoms with van der Waals surface area (Å²) in [5.41, 5.74) is -0.0887. The Kier molecular flexibility index (Phi) is 2.71. The van der Waals surface area contributed by atoms with Gasteiger partial charge in [0.25, 0.3) is 0 Å². The van der Waals surface area contributed by atoms with Crippen LogP contribution in [0.5, 0.6) is 0 Å². The highest BCUT2D eigenvalue weighted by molar-refractivity contribution is 7.79. The molecule has 0 aliphatic heterocycles. The van der Waals surface area contributed by atoms with Crippen molar-refractivity contribution in [1.82, 2.24) is 9.97 Å². The molecule has 0 radical (unpaired) electrons. The van der Waals surface area contributed by atoms with E-state index in [1.165, 1.54) is 6.92 Å². The second kappa shape index (κ2) is 3.42. The summed E-state index contributed by atoms with van der Waals surface area (Å²) in [6.45, 7) is 1.30. The quantitative estimate of drug-likeness (QED) is 0.390. The zero-order valence-electron chi connectivity index (χ0n) is 5.88. The summed E-state index contributed by atoms with van der Waals surface area (Å²) in [6, 6.07) is 0. The van der Waals surface area contributed by atoms with Crippen LogP contribution in [0, 0.1) is 12.7 Å². The first-order chi connectivity index (χ1) is 5.52. The average Bonchev–Trinajstić information content (AvgIpc) is 1.96. The van der Waals surface area contributed by atoms with Gasteiger partial charge in [0, 0.05) is 11.1 Å². The molecule has 1 unspecified atom stereocenters. The molecule has 7 heteroatoms. The van der Waals surface area contributed by atoms with Crippen molar-refractivity contribution in [2.24, 2.45) is 0 Å². The molecule has 0 saturated carbocycles. The van der Waals surface area contributed by atoms with Crippen LogP contribution in [0.15, 0.2) is 5.03 Å². The van der Waals surface area contributed by atoms with Crippen LogP contribution in [0.25, 0.3) is 0 Å². The van der Waals surface area contributed by atoms with Gasteiger partial charge >= 0.3 is 0 Å². The fourth-order valence-electron chi connectivity index (χ4n) is 0.611.